The van der Waals surface area contributed by atoms with Gasteiger partial charge in [-0.1, -0.05) is 72.8 Å². The second kappa shape index (κ2) is 9.46. The number of carbonyl (C=O) groups excluding carboxylic acids is 1. The maximum Gasteiger partial charge on any atom is 0.234 e. The molecule has 0 unspecified atom stereocenters. The summed E-state index contributed by atoms with van der Waals surface area (Å²) in [4.78, 5) is 12.2. The van der Waals surface area contributed by atoms with Crippen LogP contribution in [-0.4, -0.2) is 41.4 Å². The third-order valence-electron chi connectivity index (χ3n) is 4.99. The van der Waals surface area contributed by atoms with Gasteiger partial charge in [-0.2, -0.15) is 0 Å². The van der Waals surface area contributed by atoms with Gasteiger partial charge in [0.15, 0.2) is 0 Å². The molecule has 0 saturated heterocycles. The Morgan fingerprint density at radius 2 is 1.63 bits per heavy atom. The highest BCUT2D eigenvalue weighted by molar-refractivity contribution is 5.78. The fourth-order valence-electron chi connectivity index (χ4n) is 3.47. The summed E-state index contributed by atoms with van der Waals surface area (Å²) in [6, 6.07) is 19.1. The van der Waals surface area contributed by atoms with Gasteiger partial charge >= 0.3 is 0 Å². The summed E-state index contributed by atoms with van der Waals surface area (Å²) < 4.78 is 0. The number of aliphatic hydroxyl groups is 2. The van der Waals surface area contributed by atoms with Crippen molar-refractivity contribution in [3.05, 3.63) is 83.9 Å². The first kappa shape index (κ1) is 19.3. The fraction of sp³-hybridized carbons (Fsp3) is 0.318. The van der Waals surface area contributed by atoms with Gasteiger partial charge in [0.2, 0.25) is 5.91 Å². The lowest BCUT2D eigenvalue weighted by Crippen LogP contribution is -2.52. The Hall–Kier alpha value is -2.47. The van der Waals surface area contributed by atoms with Gasteiger partial charge in [-0.15, -0.1) is 0 Å². The van der Waals surface area contributed by atoms with Gasteiger partial charge in [0.05, 0.1) is 19.3 Å². The van der Waals surface area contributed by atoms with Crippen LogP contribution in [0.5, 0.6) is 0 Å². The van der Waals surface area contributed by atoms with E-state index >= 15 is 0 Å². The minimum absolute atomic E-state index is 0.0837. The highest BCUT2D eigenvalue weighted by Gasteiger charge is 2.35. The predicted octanol–water partition coefficient (Wildman–Crippen LogP) is 1.58. The Morgan fingerprint density at radius 1 is 0.963 bits per heavy atom. The first-order chi connectivity index (χ1) is 13.2. The van der Waals surface area contributed by atoms with Crippen LogP contribution in [0, 0.1) is 5.92 Å². The van der Waals surface area contributed by atoms with Crippen molar-refractivity contribution in [2.24, 2.45) is 5.92 Å². The average molecular weight is 366 g/mol. The zero-order valence-corrected chi connectivity index (χ0v) is 15.2. The summed E-state index contributed by atoms with van der Waals surface area (Å²) in [5.41, 5.74) is 2.04. The van der Waals surface area contributed by atoms with Crippen LogP contribution in [0.15, 0.2) is 72.8 Å². The van der Waals surface area contributed by atoms with E-state index in [1.54, 1.807) is 0 Å². The average Bonchev–Trinajstić information content (AvgIpc) is 2.72. The van der Waals surface area contributed by atoms with Gasteiger partial charge in [-0.05, 0) is 11.1 Å². The van der Waals surface area contributed by atoms with E-state index in [1.165, 1.54) is 0 Å². The minimum atomic E-state index is -0.725. The van der Waals surface area contributed by atoms with Crippen LogP contribution >= 0.6 is 0 Å². The highest BCUT2D eigenvalue weighted by Crippen LogP contribution is 2.31. The molecular weight excluding hydrogens is 340 g/mol. The zero-order chi connectivity index (χ0) is 19.1. The molecule has 3 rings (SSSR count). The Balaban J connectivity index is 1.58. The Kier molecular flexibility index (Phi) is 6.76. The SMILES string of the molecule is O=C(CN[C@@H]1[C@H](O)[C@H](c2ccccc2)C=C[C@H]1CO)NCc1ccccc1. The molecule has 0 fully saturated rings. The number of hydrogen-bond acceptors (Lipinski definition) is 4. The molecule has 142 valence electrons. The van der Waals surface area contributed by atoms with Crippen molar-refractivity contribution in [2.75, 3.05) is 13.2 Å². The highest BCUT2D eigenvalue weighted by atomic mass is 16.3. The van der Waals surface area contributed by atoms with Crippen LogP contribution in [0.1, 0.15) is 17.0 Å². The van der Waals surface area contributed by atoms with Crippen LogP contribution in [0.2, 0.25) is 0 Å². The standard InChI is InChI=1S/C22H26N2O3/c25-15-18-11-12-19(17-9-5-2-6-10-17)22(27)21(18)24-14-20(26)23-13-16-7-3-1-4-8-16/h1-12,18-19,21-22,24-25,27H,13-15H2,(H,23,26)/t18-,19-,21-,22+/m0/s1. The largest absolute Gasteiger partial charge is 0.396 e. The lowest BCUT2D eigenvalue weighted by molar-refractivity contribution is -0.120. The quantitative estimate of drug-likeness (QED) is 0.561. The topological polar surface area (TPSA) is 81.6 Å². The second-order valence-electron chi connectivity index (χ2n) is 6.83. The summed E-state index contributed by atoms with van der Waals surface area (Å²) in [6.07, 6.45) is 3.13. The molecule has 0 aromatic heterocycles. The smallest absolute Gasteiger partial charge is 0.234 e. The number of benzene rings is 2. The van der Waals surface area contributed by atoms with Crippen molar-refractivity contribution < 1.29 is 15.0 Å². The van der Waals surface area contributed by atoms with Gasteiger partial charge in [0, 0.05) is 24.4 Å². The lowest BCUT2D eigenvalue weighted by atomic mass is 9.78. The van der Waals surface area contributed by atoms with E-state index in [4.69, 9.17) is 0 Å². The van der Waals surface area contributed by atoms with Gasteiger partial charge < -0.3 is 20.8 Å². The van der Waals surface area contributed by atoms with Crippen LogP contribution in [0.25, 0.3) is 0 Å². The van der Waals surface area contributed by atoms with Crippen molar-refractivity contribution >= 4 is 5.91 Å². The predicted molar refractivity (Wildman–Crippen MR) is 105 cm³/mol. The van der Waals surface area contributed by atoms with Crippen LogP contribution in [0.4, 0.5) is 0 Å². The van der Waals surface area contributed by atoms with Crippen molar-refractivity contribution in [3.63, 3.8) is 0 Å². The number of nitrogens with one attached hydrogen (secondary N) is 2. The molecule has 0 saturated carbocycles. The summed E-state index contributed by atoms with van der Waals surface area (Å²) in [5, 5.41) is 26.5. The summed E-state index contributed by atoms with van der Waals surface area (Å²) >= 11 is 0. The zero-order valence-electron chi connectivity index (χ0n) is 15.2. The molecule has 0 heterocycles. The molecule has 0 spiro atoms. The number of rotatable bonds is 7. The molecule has 1 aliphatic rings. The Bertz CT molecular complexity index is 749. The fourth-order valence-corrected chi connectivity index (χ4v) is 3.47. The molecule has 2 aromatic rings. The molecule has 2 aromatic carbocycles. The molecule has 4 atom stereocenters. The van der Waals surface area contributed by atoms with Gasteiger partial charge in [-0.3, -0.25) is 4.79 Å². The monoisotopic (exact) mass is 366 g/mol. The molecule has 27 heavy (non-hydrogen) atoms. The van der Waals surface area contributed by atoms with E-state index in [0.29, 0.717) is 6.54 Å². The lowest BCUT2D eigenvalue weighted by Gasteiger charge is -2.36. The molecule has 5 nitrogen and oxygen atoms in total. The van der Waals surface area contributed by atoms with E-state index in [-0.39, 0.29) is 30.9 Å². The maximum atomic E-state index is 12.2. The number of hydrogen-bond donors (Lipinski definition) is 4. The molecule has 1 aliphatic carbocycles. The third kappa shape index (κ3) is 5.04. The molecule has 0 bridgehead atoms. The van der Waals surface area contributed by atoms with Crippen molar-refractivity contribution in [1.29, 1.82) is 0 Å². The number of amides is 1. The first-order valence-electron chi connectivity index (χ1n) is 9.25. The molecular formula is C22H26N2O3. The first-order valence-corrected chi connectivity index (χ1v) is 9.25. The molecule has 5 heteroatoms. The van der Waals surface area contributed by atoms with Gasteiger partial charge in [-0.25, -0.2) is 0 Å². The molecule has 0 radical (unpaired) electrons. The second-order valence-corrected chi connectivity index (χ2v) is 6.83. The Morgan fingerprint density at radius 3 is 2.30 bits per heavy atom. The van der Waals surface area contributed by atoms with Crippen LogP contribution in [-0.2, 0) is 11.3 Å². The normalized spacial score (nSPS) is 24.5. The van der Waals surface area contributed by atoms with Crippen LogP contribution in [0.3, 0.4) is 0 Å². The number of carbonyl (C=O) groups is 1. The van der Waals surface area contributed by atoms with E-state index in [9.17, 15) is 15.0 Å². The van der Waals surface area contributed by atoms with E-state index in [2.05, 4.69) is 10.6 Å². The van der Waals surface area contributed by atoms with E-state index < -0.39 is 12.1 Å². The summed E-state index contributed by atoms with van der Waals surface area (Å²) in [7, 11) is 0. The van der Waals surface area contributed by atoms with Crippen molar-refractivity contribution in [2.45, 2.75) is 24.6 Å². The number of aliphatic hydroxyl groups excluding tert-OH is 2. The summed E-state index contributed by atoms with van der Waals surface area (Å²) in [6.45, 7) is 0.462. The van der Waals surface area contributed by atoms with Gasteiger partial charge in [0.1, 0.15) is 0 Å². The minimum Gasteiger partial charge on any atom is -0.396 e. The third-order valence-corrected chi connectivity index (χ3v) is 4.99. The van der Waals surface area contributed by atoms with Crippen LogP contribution < -0.4 is 10.6 Å². The van der Waals surface area contributed by atoms with E-state index in [1.807, 2.05) is 72.8 Å². The van der Waals surface area contributed by atoms with Crippen molar-refractivity contribution in [3.8, 4) is 0 Å². The molecule has 0 aliphatic heterocycles. The molecule has 1 amide bonds. The summed E-state index contributed by atoms with van der Waals surface area (Å²) in [5.74, 6) is -0.547. The van der Waals surface area contributed by atoms with E-state index in [0.717, 1.165) is 11.1 Å². The van der Waals surface area contributed by atoms with Crippen molar-refractivity contribution in [1.82, 2.24) is 10.6 Å². The van der Waals surface area contributed by atoms with Gasteiger partial charge in [0.25, 0.3) is 0 Å². The maximum absolute atomic E-state index is 12.2. The molecule has 4 N–H and O–H groups in total. The Labute approximate surface area is 159 Å².